The molecule has 1 aromatic heterocycles. The number of fused-ring (bicyclic) bond motifs is 1. The lowest BCUT2D eigenvalue weighted by atomic mass is 9.87. The molecule has 264 valence electrons. The van der Waals surface area contributed by atoms with Crippen molar-refractivity contribution < 1.29 is 19.1 Å². The van der Waals surface area contributed by atoms with Crippen molar-refractivity contribution in [2.75, 3.05) is 26.0 Å². The minimum Gasteiger partial charge on any atom is -0.469 e. The van der Waals surface area contributed by atoms with Gasteiger partial charge < -0.3 is 14.8 Å². The average Bonchev–Trinajstić information content (AvgIpc) is 3.06. The number of halogens is 1. The van der Waals surface area contributed by atoms with Gasteiger partial charge in [0.1, 0.15) is 11.2 Å². The summed E-state index contributed by atoms with van der Waals surface area (Å²) in [7, 11) is 1.44. The number of nitrogens with zero attached hydrogens (tertiary/aromatic N) is 1. The number of hydrogen-bond acceptors (Lipinski definition) is 6. The van der Waals surface area contributed by atoms with Gasteiger partial charge in [-0.25, -0.2) is 9.78 Å². The van der Waals surface area contributed by atoms with Gasteiger partial charge in [0.15, 0.2) is 0 Å². The van der Waals surface area contributed by atoms with Crippen LogP contribution in [0.2, 0.25) is 0 Å². The molecule has 1 saturated heterocycles. The third kappa shape index (κ3) is 15.1. The van der Waals surface area contributed by atoms with Gasteiger partial charge in [-0.2, -0.15) is 11.8 Å². The lowest BCUT2D eigenvalue weighted by Crippen LogP contribution is -2.36. The maximum atomic E-state index is 12.5. The second kappa shape index (κ2) is 24.4. The van der Waals surface area contributed by atoms with Crippen molar-refractivity contribution in [2.24, 2.45) is 0 Å². The van der Waals surface area contributed by atoms with Gasteiger partial charge in [-0.1, -0.05) is 128 Å². The molecule has 6 nitrogen and oxygen atoms in total. The molecule has 3 rings (SSSR count). The molecule has 0 bridgehead atoms. The Labute approximate surface area is 297 Å². The van der Waals surface area contributed by atoms with E-state index in [9.17, 15) is 9.59 Å². The fourth-order valence-electron chi connectivity index (χ4n) is 6.59. The number of aromatic nitrogens is 1. The summed E-state index contributed by atoms with van der Waals surface area (Å²) in [6.45, 7) is 3.37. The molecule has 2 unspecified atom stereocenters. The minimum absolute atomic E-state index is 0.150. The third-order valence-corrected chi connectivity index (χ3v) is 11.6. The molecule has 1 aliphatic rings. The molecule has 0 saturated carbocycles. The summed E-state index contributed by atoms with van der Waals surface area (Å²) in [4.78, 5) is 28.8. The summed E-state index contributed by atoms with van der Waals surface area (Å²) < 4.78 is 11.4. The number of nitrogens with one attached hydrogen (secondary N) is 1. The monoisotopic (exact) mass is 732 g/mol. The Balaban J connectivity index is 1.29. The number of thioether (sulfide) groups is 1. The molecule has 1 amide bonds. The number of amides is 1. The number of unbranched alkanes of at least 4 members (excludes halogenated alkanes) is 17. The van der Waals surface area contributed by atoms with Gasteiger partial charge in [0, 0.05) is 35.3 Å². The highest BCUT2D eigenvalue weighted by molar-refractivity contribution is 9.10. The smallest absolute Gasteiger partial charge is 0.407 e. The number of hydrogen-bond donors (Lipinski definition) is 1. The minimum atomic E-state index is -0.302. The van der Waals surface area contributed by atoms with Crippen LogP contribution in [0, 0.1) is 0 Å². The summed E-state index contributed by atoms with van der Waals surface area (Å²) in [5, 5.41) is 4.38. The number of methoxy groups -OCH3 is 1. The van der Waals surface area contributed by atoms with E-state index in [2.05, 4.69) is 46.4 Å². The molecule has 0 radical (unpaired) electrons. The Morgan fingerprint density at radius 3 is 2.04 bits per heavy atom. The molecule has 8 heteroatoms. The first kappa shape index (κ1) is 39.6. The van der Waals surface area contributed by atoms with Gasteiger partial charge in [0.2, 0.25) is 0 Å². The fraction of sp³-hybridized carbons (Fsp3) is 0.718. The topological polar surface area (TPSA) is 77.5 Å². The fourth-order valence-corrected chi connectivity index (χ4v) is 8.32. The van der Waals surface area contributed by atoms with Crippen LogP contribution < -0.4 is 5.32 Å². The first-order chi connectivity index (χ1) is 23.0. The molecular formula is C39H61BrN2O4S. The number of carbonyl (C=O) groups excluding carboxylic acids is 2. The molecule has 1 fully saturated rings. The summed E-state index contributed by atoms with van der Waals surface area (Å²) in [6.07, 6.45) is 25.3. The third-order valence-electron chi connectivity index (χ3n) is 9.51. The van der Waals surface area contributed by atoms with Crippen LogP contribution in [0.25, 0.3) is 10.9 Å². The molecule has 1 aromatic carbocycles. The first-order valence-corrected chi connectivity index (χ1v) is 20.5. The van der Waals surface area contributed by atoms with Crippen LogP contribution in [0.3, 0.4) is 0 Å². The molecule has 2 heterocycles. The van der Waals surface area contributed by atoms with Gasteiger partial charge in [0.25, 0.3) is 0 Å². The summed E-state index contributed by atoms with van der Waals surface area (Å²) in [6, 6.07) is 8.33. The van der Waals surface area contributed by atoms with E-state index in [1.807, 2.05) is 17.8 Å². The van der Waals surface area contributed by atoms with Crippen LogP contribution in [-0.4, -0.2) is 48.3 Å². The van der Waals surface area contributed by atoms with E-state index in [1.165, 1.54) is 114 Å². The average molecular weight is 734 g/mol. The highest BCUT2D eigenvalue weighted by atomic mass is 79.9. The molecule has 0 aliphatic carbocycles. The maximum Gasteiger partial charge on any atom is 0.407 e. The zero-order valence-corrected chi connectivity index (χ0v) is 31.7. The van der Waals surface area contributed by atoms with E-state index in [4.69, 9.17) is 14.5 Å². The Morgan fingerprint density at radius 2 is 1.45 bits per heavy atom. The molecule has 47 heavy (non-hydrogen) atoms. The number of rotatable bonds is 26. The Bertz CT molecular complexity index is 1180. The van der Waals surface area contributed by atoms with Crippen molar-refractivity contribution in [1.82, 2.24) is 10.3 Å². The summed E-state index contributed by atoms with van der Waals surface area (Å²) in [5.74, 6) is 1.16. The van der Waals surface area contributed by atoms with Crippen molar-refractivity contribution in [3.8, 4) is 0 Å². The van der Waals surface area contributed by atoms with Crippen LogP contribution in [0.15, 0.2) is 28.9 Å². The number of ether oxygens (including phenoxy) is 2. The van der Waals surface area contributed by atoms with Crippen LogP contribution in [-0.2, 0) is 20.7 Å². The molecule has 0 spiro atoms. The Kier molecular flexibility index (Phi) is 20.5. The number of benzene rings is 1. The second-order valence-electron chi connectivity index (χ2n) is 13.3. The Morgan fingerprint density at radius 1 is 0.851 bits per heavy atom. The highest BCUT2D eigenvalue weighted by Crippen LogP contribution is 2.47. The van der Waals surface area contributed by atoms with E-state index < -0.39 is 0 Å². The zero-order valence-electron chi connectivity index (χ0n) is 29.3. The second-order valence-corrected chi connectivity index (χ2v) is 15.3. The predicted molar refractivity (Wildman–Crippen MR) is 202 cm³/mol. The van der Waals surface area contributed by atoms with Crippen LogP contribution in [0.1, 0.15) is 152 Å². The number of esters is 1. The van der Waals surface area contributed by atoms with Crippen molar-refractivity contribution in [1.29, 1.82) is 0 Å². The number of alkyl carbamates (subject to hydrolysis) is 1. The van der Waals surface area contributed by atoms with Crippen molar-refractivity contribution in [2.45, 2.75) is 153 Å². The molecular weight excluding hydrogens is 672 g/mol. The molecule has 2 atom stereocenters. The molecule has 2 aromatic rings. The van der Waals surface area contributed by atoms with Crippen LogP contribution >= 0.6 is 27.7 Å². The van der Waals surface area contributed by atoms with Crippen molar-refractivity contribution >= 4 is 50.7 Å². The van der Waals surface area contributed by atoms with Crippen molar-refractivity contribution in [3.05, 3.63) is 40.0 Å². The van der Waals surface area contributed by atoms with E-state index in [1.54, 1.807) is 0 Å². The van der Waals surface area contributed by atoms with E-state index in [-0.39, 0.29) is 17.3 Å². The van der Waals surface area contributed by atoms with Gasteiger partial charge in [-0.05, 0) is 58.8 Å². The lowest BCUT2D eigenvalue weighted by molar-refractivity contribution is -0.140. The normalized spacial score (nSPS) is 15.8. The van der Waals surface area contributed by atoms with Gasteiger partial charge in [-0.3, -0.25) is 4.79 Å². The number of carbonyl (C=O) groups is 2. The highest BCUT2D eigenvalue weighted by Gasteiger charge is 2.37. The number of para-hydroxylation sites is 1. The lowest BCUT2D eigenvalue weighted by Gasteiger charge is -2.38. The quantitative estimate of drug-likeness (QED) is 0.0589. The van der Waals surface area contributed by atoms with Crippen LogP contribution in [0.4, 0.5) is 4.79 Å². The van der Waals surface area contributed by atoms with Crippen molar-refractivity contribution in [3.63, 3.8) is 0 Å². The largest absolute Gasteiger partial charge is 0.469 e. The first-order valence-electron chi connectivity index (χ1n) is 18.7. The predicted octanol–water partition coefficient (Wildman–Crippen LogP) is 11.5. The van der Waals surface area contributed by atoms with Gasteiger partial charge in [-0.15, -0.1) is 0 Å². The zero-order chi connectivity index (χ0) is 33.5. The van der Waals surface area contributed by atoms with Gasteiger partial charge in [0.05, 0.1) is 12.6 Å². The van der Waals surface area contributed by atoms with E-state index >= 15 is 0 Å². The molecule has 1 N–H and O–H groups in total. The standard InChI is InChI=1S/C39H61BrN2O4S/c1-3-4-5-6-7-8-9-10-11-12-13-14-15-16-17-23-28-41-39(44)46-29-35-33(30-47-35)37-31-24-21-22-26-34(31)42-38(40)32(37)25-19-18-20-27-36(43)45-2/h21-22,24,26,33,35H,3-20,23,25,27-30H2,1-2H3,(H,41,44). The number of pyridine rings is 1. The summed E-state index contributed by atoms with van der Waals surface area (Å²) >= 11 is 5.64. The van der Waals surface area contributed by atoms with E-state index in [0.29, 0.717) is 25.5 Å². The van der Waals surface area contributed by atoms with E-state index in [0.717, 1.165) is 54.4 Å². The Hall–Kier alpha value is -1.80. The SMILES string of the molecule is CCCCCCCCCCCCCCCCCCNC(=O)OCC1SCC1c1c(CCCCCC(=O)OC)c(Br)nc2ccccc12. The molecule has 1 aliphatic heterocycles. The van der Waals surface area contributed by atoms with Gasteiger partial charge >= 0.3 is 12.1 Å². The maximum absolute atomic E-state index is 12.5. The summed E-state index contributed by atoms with van der Waals surface area (Å²) in [5.41, 5.74) is 3.55. The van der Waals surface area contributed by atoms with Crippen LogP contribution in [0.5, 0.6) is 0 Å².